The summed E-state index contributed by atoms with van der Waals surface area (Å²) in [5.74, 6) is -0.138. The fourth-order valence-corrected chi connectivity index (χ4v) is 3.94. The van der Waals surface area contributed by atoms with Gasteiger partial charge in [-0.2, -0.15) is 5.10 Å². The zero-order chi connectivity index (χ0) is 22.8. The molecule has 0 unspecified atom stereocenters. The molecule has 32 heavy (non-hydrogen) atoms. The van der Waals surface area contributed by atoms with Crippen molar-refractivity contribution >= 4 is 5.57 Å². The summed E-state index contributed by atoms with van der Waals surface area (Å²) in [6.07, 6.45) is 8.83. The first-order valence-electron chi connectivity index (χ1n) is 10.9. The molecule has 2 heterocycles. The number of nitrogens with one attached hydrogen (secondary N) is 1. The highest BCUT2D eigenvalue weighted by molar-refractivity contribution is 5.66. The van der Waals surface area contributed by atoms with Crippen LogP contribution in [0.25, 0.3) is 5.57 Å². The van der Waals surface area contributed by atoms with E-state index in [-0.39, 0.29) is 0 Å². The number of hydrogen-bond acceptors (Lipinski definition) is 4. The number of fused-ring (bicyclic) bond motifs is 1. The van der Waals surface area contributed by atoms with E-state index in [1.54, 1.807) is 19.1 Å². The number of aryl methyl sites for hydroxylation is 1. The molecule has 0 amide bonds. The summed E-state index contributed by atoms with van der Waals surface area (Å²) in [6.45, 7) is 10.4. The molecule has 0 saturated heterocycles. The van der Waals surface area contributed by atoms with Crippen molar-refractivity contribution in [3.63, 3.8) is 0 Å². The Morgan fingerprint density at radius 1 is 1.25 bits per heavy atom. The fraction of sp³-hybridized carbons (Fsp3) is 0.320. The standard InChI is InChI=1S/C25H29F2N5/c1-4-32-14-19-13-31(15-24(19)30-32)25(18-6-5-7-18)29-17(3)23(28)11-8-16(2)21-10-9-20(26)12-22(21)27/h8-12,14,29H,3-7,13,15,28H2,1-2H3/b16-8+,23-11+. The molecule has 1 aliphatic heterocycles. The maximum Gasteiger partial charge on any atom is 0.133 e. The Morgan fingerprint density at radius 2 is 2.03 bits per heavy atom. The maximum atomic E-state index is 14.0. The second kappa shape index (κ2) is 9.02. The lowest BCUT2D eigenvalue weighted by atomic mass is 9.92. The van der Waals surface area contributed by atoms with Gasteiger partial charge in [0.15, 0.2) is 0 Å². The van der Waals surface area contributed by atoms with E-state index in [1.807, 2.05) is 4.68 Å². The topological polar surface area (TPSA) is 59.1 Å². The van der Waals surface area contributed by atoms with Crippen LogP contribution >= 0.6 is 0 Å². The number of halogens is 2. The van der Waals surface area contributed by atoms with Crippen molar-refractivity contribution in [2.24, 2.45) is 5.73 Å². The Labute approximate surface area is 187 Å². The van der Waals surface area contributed by atoms with Gasteiger partial charge in [0.05, 0.1) is 23.6 Å². The van der Waals surface area contributed by atoms with Gasteiger partial charge in [-0.25, -0.2) is 8.78 Å². The van der Waals surface area contributed by atoms with Gasteiger partial charge in [-0.1, -0.05) is 12.7 Å². The van der Waals surface area contributed by atoms with Crippen molar-refractivity contribution < 1.29 is 8.78 Å². The average molecular weight is 438 g/mol. The van der Waals surface area contributed by atoms with Crippen LogP contribution in [0.4, 0.5) is 8.78 Å². The van der Waals surface area contributed by atoms with E-state index in [4.69, 9.17) is 5.73 Å². The van der Waals surface area contributed by atoms with E-state index < -0.39 is 11.6 Å². The van der Waals surface area contributed by atoms with Crippen LogP contribution in [0.2, 0.25) is 0 Å². The molecule has 3 N–H and O–H groups in total. The van der Waals surface area contributed by atoms with E-state index in [0.29, 0.717) is 22.5 Å². The molecule has 1 saturated carbocycles. The van der Waals surface area contributed by atoms with Crippen molar-refractivity contribution in [3.8, 4) is 0 Å². The largest absolute Gasteiger partial charge is 0.397 e. The fourth-order valence-electron chi connectivity index (χ4n) is 3.94. The van der Waals surface area contributed by atoms with Gasteiger partial charge >= 0.3 is 0 Å². The van der Waals surface area contributed by atoms with Gasteiger partial charge in [0, 0.05) is 36.5 Å². The van der Waals surface area contributed by atoms with Crippen molar-refractivity contribution in [2.75, 3.05) is 0 Å². The third-order valence-electron chi connectivity index (χ3n) is 6.05. The average Bonchev–Trinajstić information content (AvgIpc) is 3.28. The molecule has 0 bridgehead atoms. The molecule has 0 atom stereocenters. The zero-order valence-corrected chi connectivity index (χ0v) is 18.6. The van der Waals surface area contributed by atoms with E-state index in [0.717, 1.165) is 50.1 Å². The van der Waals surface area contributed by atoms with Crippen molar-refractivity contribution in [3.05, 3.63) is 94.4 Å². The lowest BCUT2D eigenvalue weighted by molar-refractivity contribution is 0.322. The number of hydrogen-bond donors (Lipinski definition) is 2. The Balaban J connectivity index is 1.47. The Bertz CT molecular complexity index is 1110. The van der Waals surface area contributed by atoms with E-state index in [2.05, 4.69) is 35.0 Å². The quantitative estimate of drug-likeness (QED) is 0.603. The van der Waals surface area contributed by atoms with Gasteiger partial charge in [0.25, 0.3) is 0 Å². The number of aromatic nitrogens is 2. The number of nitrogens with two attached hydrogens (primary N) is 1. The van der Waals surface area contributed by atoms with E-state index >= 15 is 0 Å². The summed E-state index contributed by atoms with van der Waals surface area (Å²) in [4.78, 5) is 2.29. The lowest BCUT2D eigenvalue weighted by Gasteiger charge is -2.31. The summed E-state index contributed by atoms with van der Waals surface area (Å²) >= 11 is 0. The Kier molecular flexibility index (Phi) is 6.17. The molecule has 1 aliphatic carbocycles. The number of allylic oxidation sites excluding steroid dienone is 4. The maximum absolute atomic E-state index is 14.0. The van der Waals surface area contributed by atoms with Gasteiger partial charge in [0.1, 0.15) is 17.5 Å². The van der Waals surface area contributed by atoms with E-state index in [1.165, 1.54) is 29.7 Å². The van der Waals surface area contributed by atoms with Crippen LogP contribution in [0, 0.1) is 11.6 Å². The van der Waals surface area contributed by atoms with Gasteiger partial charge in [-0.05, 0) is 62.5 Å². The molecule has 0 spiro atoms. The Hall–Kier alpha value is -3.35. The first-order valence-corrected chi connectivity index (χ1v) is 10.9. The van der Waals surface area contributed by atoms with Crippen molar-refractivity contribution in [1.82, 2.24) is 20.0 Å². The first kappa shape index (κ1) is 21.9. The minimum atomic E-state index is -0.599. The number of rotatable bonds is 7. The SMILES string of the molecule is C=C(NC(=C1CCC1)N1Cc2cn(CC)nc2C1)/C(N)=C\C=C(/C)c1ccc(F)cc1F. The molecule has 0 radical (unpaired) electrons. The number of benzene rings is 1. The highest BCUT2D eigenvalue weighted by atomic mass is 19.1. The predicted molar refractivity (Wildman–Crippen MR) is 123 cm³/mol. The highest BCUT2D eigenvalue weighted by Gasteiger charge is 2.28. The van der Waals surface area contributed by atoms with Crippen LogP contribution in [0.3, 0.4) is 0 Å². The van der Waals surface area contributed by atoms with Gasteiger partial charge in [-0.3, -0.25) is 4.68 Å². The van der Waals surface area contributed by atoms with Gasteiger partial charge in [-0.15, -0.1) is 0 Å². The van der Waals surface area contributed by atoms with Crippen LogP contribution in [-0.4, -0.2) is 14.7 Å². The lowest BCUT2D eigenvalue weighted by Crippen LogP contribution is -2.32. The van der Waals surface area contributed by atoms with Crippen molar-refractivity contribution in [1.29, 1.82) is 0 Å². The molecule has 4 rings (SSSR count). The smallest absolute Gasteiger partial charge is 0.133 e. The van der Waals surface area contributed by atoms with Crippen LogP contribution < -0.4 is 11.1 Å². The normalized spacial score (nSPS) is 16.1. The summed E-state index contributed by atoms with van der Waals surface area (Å²) in [5, 5.41) is 8.08. The summed E-state index contributed by atoms with van der Waals surface area (Å²) < 4.78 is 29.2. The molecule has 7 heteroatoms. The van der Waals surface area contributed by atoms with Gasteiger partial charge in [0.2, 0.25) is 0 Å². The van der Waals surface area contributed by atoms with Crippen LogP contribution in [0.5, 0.6) is 0 Å². The molecule has 168 valence electrons. The summed E-state index contributed by atoms with van der Waals surface area (Å²) in [7, 11) is 0. The molecule has 1 fully saturated rings. The zero-order valence-electron chi connectivity index (χ0n) is 18.6. The highest BCUT2D eigenvalue weighted by Crippen LogP contribution is 2.33. The molecule has 1 aromatic heterocycles. The molecular weight excluding hydrogens is 408 g/mol. The second-order valence-corrected chi connectivity index (χ2v) is 8.32. The summed E-state index contributed by atoms with van der Waals surface area (Å²) in [6, 6.07) is 3.54. The van der Waals surface area contributed by atoms with Crippen molar-refractivity contribution in [2.45, 2.75) is 52.7 Å². The predicted octanol–water partition coefficient (Wildman–Crippen LogP) is 4.94. The first-order chi connectivity index (χ1) is 15.4. The van der Waals surface area contributed by atoms with Crippen LogP contribution in [0.15, 0.2) is 65.9 Å². The second-order valence-electron chi connectivity index (χ2n) is 8.32. The monoisotopic (exact) mass is 437 g/mol. The molecule has 5 nitrogen and oxygen atoms in total. The molecule has 1 aromatic carbocycles. The molecule has 2 aliphatic rings. The molecule has 2 aromatic rings. The molecular formula is C25H29F2N5. The van der Waals surface area contributed by atoms with Crippen LogP contribution in [0.1, 0.15) is 49.9 Å². The van der Waals surface area contributed by atoms with Gasteiger partial charge < -0.3 is 16.0 Å². The summed E-state index contributed by atoms with van der Waals surface area (Å²) in [5.41, 5.74) is 12.0. The minimum Gasteiger partial charge on any atom is -0.397 e. The van der Waals surface area contributed by atoms with E-state index in [9.17, 15) is 8.78 Å². The third kappa shape index (κ3) is 4.47. The van der Waals surface area contributed by atoms with Crippen LogP contribution in [-0.2, 0) is 19.6 Å². The third-order valence-corrected chi connectivity index (χ3v) is 6.05. The minimum absolute atomic E-state index is 0.338. The number of nitrogens with zero attached hydrogens (tertiary/aromatic N) is 3. The Morgan fingerprint density at radius 3 is 2.66 bits per heavy atom.